The van der Waals surface area contributed by atoms with E-state index in [1.54, 1.807) is 31.2 Å². The molecule has 0 aliphatic carbocycles. The summed E-state index contributed by atoms with van der Waals surface area (Å²) in [5.74, 6) is -0.507. The summed E-state index contributed by atoms with van der Waals surface area (Å²) in [6, 6.07) is 6.57. The van der Waals surface area contributed by atoms with E-state index in [-0.39, 0.29) is 43.0 Å². The van der Waals surface area contributed by atoms with Gasteiger partial charge in [-0.2, -0.15) is 0 Å². The number of aromatic nitrogens is 2. The lowest BCUT2D eigenvalue weighted by atomic mass is 10.2. The van der Waals surface area contributed by atoms with E-state index in [0.717, 1.165) is 0 Å². The first kappa shape index (κ1) is 28.0. The third kappa shape index (κ3) is 7.35. The fraction of sp³-hybridized carbons (Fsp3) is 0.500. The second-order valence-corrected chi connectivity index (χ2v) is 9.74. The predicted molar refractivity (Wildman–Crippen MR) is 137 cm³/mol. The van der Waals surface area contributed by atoms with Gasteiger partial charge in [0.05, 0.1) is 6.54 Å². The van der Waals surface area contributed by atoms with E-state index in [2.05, 4.69) is 4.98 Å². The number of ether oxygens (including phenoxy) is 1. The molecule has 0 unspecified atom stereocenters. The molecule has 0 aliphatic heterocycles. The maximum Gasteiger partial charge on any atom is 0.330 e. The van der Waals surface area contributed by atoms with Gasteiger partial charge in [0.1, 0.15) is 11.6 Å². The van der Waals surface area contributed by atoms with Crippen LogP contribution in [0.2, 0.25) is 5.02 Å². The van der Waals surface area contributed by atoms with Crippen LogP contribution >= 0.6 is 11.6 Å². The maximum absolute atomic E-state index is 13.3. The molecule has 35 heavy (non-hydrogen) atoms. The number of H-pyrrole nitrogens is 1. The zero-order chi connectivity index (χ0) is 26.4. The Bertz CT molecular complexity index is 1160. The predicted octanol–water partition coefficient (Wildman–Crippen LogP) is 2.34. The van der Waals surface area contributed by atoms with Crippen molar-refractivity contribution in [3.8, 4) is 5.75 Å². The van der Waals surface area contributed by atoms with E-state index in [9.17, 15) is 19.2 Å². The number of nitrogens with one attached hydrogen (secondary N) is 1. The van der Waals surface area contributed by atoms with Crippen LogP contribution in [0.1, 0.15) is 34.6 Å². The van der Waals surface area contributed by atoms with Crippen molar-refractivity contribution >= 4 is 34.9 Å². The molecule has 0 saturated carbocycles. The summed E-state index contributed by atoms with van der Waals surface area (Å²) in [7, 11) is 1.47. The Kier molecular flexibility index (Phi) is 9.53. The Morgan fingerprint density at radius 2 is 1.69 bits per heavy atom. The van der Waals surface area contributed by atoms with Crippen LogP contribution in [0.15, 0.2) is 33.9 Å². The average Bonchev–Trinajstić information content (AvgIpc) is 2.76. The summed E-state index contributed by atoms with van der Waals surface area (Å²) >= 11 is 5.87. The van der Waals surface area contributed by atoms with Crippen LogP contribution in [-0.4, -0.2) is 52.5 Å². The molecule has 192 valence electrons. The minimum Gasteiger partial charge on any atom is -0.481 e. The number of benzene rings is 1. The molecule has 3 N–H and O–H groups in total. The molecule has 2 rings (SSSR count). The van der Waals surface area contributed by atoms with Crippen LogP contribution in [0, 0.1) is 11.8 Å². The number of nitrogen functional groups attached to an aromatic ring is 1. The number of anilines is 2. The van der Waals surface area contributed by atoms with E-state index in [4.69, 9.17) is 22.1 Å². The highest BCUT2D eigenvalue weighted by Gasteiger charge is 2.28. The SMILES string of the molecule is CC(C)CN(C(=O)CN(C)C(=O)[C@H](C)Oc1ccc(Cl)cc1)c1c(N)n(CC(C)C)c(=O)[nH]c1=O. The van der Waals surface area contributed by atoms with Crippen LogP contribution in [0.4, 0.5) is 11.5 Å². The second kappa shape index (κ2) is 11.9. The second-order valence-electron chi connectivity index (χ2n) is 9.30. The largest absolute Gasteiger partial charge is 0.481 e. The first-order valence-corrected chi connectivity index (χ1v) is 11.8. The van der Waals surface area contributed by atoms with E-state index >= 15 is 0 Å². The summed E-state index contributed by atoms with van der Waals surface area (Å²) in [4.78, 5) is 55.9. The highest BCUT2D eigenvalue weighted by Crippen LogP contribution is 2.20. The smallest absolute Gasteiger partial charge is 0.330 e. The lowest BCUT2D eigenvalue weighted by Gasteiger charge is -2.29. The third-order valence-electron chi connectivity index (χ3n) is 5.10. The molecule has 10 nitrogen and oxygen atoms in total. The van der Waals surface area contributed by atoms with Crippen LogP contribution in [0.5, 0.6) is 5.75 Å². The number of carbonyl (C=O) groups excluding carboxylic acids is 2. The Morgan fingerprint density at radius 3 is 2.23 bits per heavy atom. The summed E-state index contributed by atoms with van der Waals surface area (Å²) in [6.45, 7) is 9.28. The molecule has 2 amide bonds. The number of hydrogen-bond donors (Lipinski definition) is 2. The normalized spacial score (nSPS) is 12.0. The van der Waals surface area contributed by atoms with Crippen molar-refractivity contribution < 1.29 is 14.3 Å². The first-order valence-electron chi connectivity index (χ1n) is 11.4. The van der Waals surface area contributed by atoms with Gasteiger partial charge in [-0.3, -0.25) is 23.9 Å². The van der Waals surface area contributed by atoms with Gasteiger partial charge in [-0.1, -0.05) is 39.3 Å². The number of aromatic amines is 1. The monoisotopic (exact) mass is 507 g/mol. The van der Waals surface area contributed by atoms with Crippen LogP contribution in [-0.2, 0) is 16.1 Å². The standard InChI is InChI=1S/C24H34ClN5O5/c1-14(2)11-29(20-21(26)30(12-15(3)4)24(34)27-22(20)32)19(31)13-28(6)23(33)16(5)35-18-9-7-17(25)8-10-18/h7-10,14-16H,11-13,26H2,1-6H3,(H,27,32,34)/t16-/m0/s1. The quantitative estimate of drug-likeness (QED) is 0.507. The molecular weight excluding hydrogens is 474 g/mol. The van der Waals surface area contributed by atoms with Crippen molar-refractivity contribution in [2.75, 3.05) is 30.8 Å². The molecule has 0 aliphatic rings. The van der Waals surface area contributed by atoms with Gasteiger partial charge in [-0.05, 0) is 43.0 Å². The topological polar surface area (TPSA) is 131 Å². The molecule has 0 saturated heterocycles. The molecule has 0 radical (unpaired) electrons. The van der Waals surface area contributed by atoms with E-state index in [1.807, 2.05) is 27.7 Å². The number of rotatable bonds is 10. The van der Waals surface area contributed by atoms with Gasteiger partial charge in [-0.25, -0.2) is 4.79 Å². The molecule has 1 aromatic carbocycles. The lowest BCUT2D eigenvalue weighted by Crippen LogP contribution is -2.48. The Hall–Kier alpha value is -3.27. The van der Waals surface area contributed by atoms with Gasteiger partial charge in [0.15, 0.2) is 11.8 Å². The zero-order valence-electron chi connectivity index (χ0n) is 21.0. The van der Waals surface area contributed by atoms with Gasteiger partial charge in [0.2, 0.25) is 5.91 Å². The maximum atomic E-state index is 13.3. The summed E-state index contributed by atoms with van der Waals surface area (Å²) in [5.41, 5.74) is 4.73. The van der Waals surface area contributed by atoms with Crippen molar-refractivity contribution in [2.24, 2.45) is 11.8 Å². The van der Waals surface area contributed by atoms with Crippen molar-refractivity contribution in [1.82, 2.24) is 14.5 Å². The number of hydrogen-bond acceptors (Lipinski definition) is 6. The van der Waals surface area contributed by atoms with Crippen molar-refractivity contribution in [3.63, 3.8) is 0 Å². The van der Waals surface area contributed by atoms with Gasteiger partial charge in [0, 0.05) is 25.2 Å². The number of nitrogens with zero attached hydrogens (tertiary/aromatic N) is 3. The van der Waals surface area contributed by atoms with E-state index in [1.165, 1.54) is 21.4 Å². The molecular formula is C24H34ClN5O5. The van der Waals surface area contributed by atoms with Crippen molar-refractivity contribution in [1.29, 1.82) is 0 Å². The average molecular weight is 508 g/mol. The van der Waals surface area contributed by atoms with Gasteiger partial charge >= 0.3 is 5.69 Å². The number of amides is 2. The summed E-state index contributed by atoms with van der Waals surface area (Å²) < 4.78 is 6.91. The van der Waals surface area contributed by atoms with Gasteiger partial charge in [-0.15, -0.1) is 0 Å². The van der Waals surface area contributed by atoms with Crippen LogP contribution < -0.4 is 26.6 Å². The number of carbonyl (C=O) groups is 2. The number of nitrogens with two attached hydrogens (primary N) is 1. The minimum absolute atomic E-state index is 0.0172. The Morgan fingerprint density at radius 1 is 1.09 bits per heavy atom. The van der Waals surface area contributed by atoms with Gasteiger partial charge < -0.3 is 20.3 Å². The number of halogens is 1. The summed E-state index contributed by atoms with van der Waals surface area (Å²) in [6.07, 6.45) is -0.867. The van der Waals surface area contributed by atoms with Crippen molar-refractivity contribution in [2.45, 2.75) is 47.3 Å². The first-order chi connectivity index (χ1) is 16.3. The highest BCUT2D eigenvalue weighted by atomic mass is 35.5. The third-order valence-corrected chi connectivity index (χ3v) is 5.36. The van der Waals surface area contributed by atoms with Crippen LogP contribution in [0.25, 0.3) is 0 Å². The molecule has 1 heterocycles. The lowest BCUT2D eigenvalue weighted by molar-refractivity contribution is -0.139. The van der Waals surface area contributed by atoms with Crippen molar-refractivity contribution in [3.05, 3.63) is 50.1 Å². The molecule has 0 fully saturated rings. The van der Waals surface area contributed by atoms with Gasteiger partial charge in [0.25, 0.3) is 11.5 Å². The number of likely N-dealkylation sites (N-methyl/N-ethyl adjacent to an activating group) is 1. The molecule has 2 aromatic rings. The summed E-state index contributed by atoms with van der Waals surface area (Å²) in [5, 5.41) is 0.540. The fourth-order valence-corrected chi connectivity index (χ4v) is 3.64. The Balaban J connectivity index is 2.29. The highest BCUT2D eigenvalue weighted by molar-refractivity contribution is 6.30. The van der Waals surface area contributed by atoms with E-state index in [0.29, 0.717) is 10.8 Å². The fourth-order valence-electron chi connectivity index (χ4n) is 3.51. The molecule has 11 heteroatoms. The zero-order valence-corrected chi connectivity index (χ0v) is 21.8. The molecule has 1 atom stereocenters. The Labute approximate surface area is 209 Å². The molecule has 0 spiro atoms. The molecule has 0 bridgehead atoms. The van der Waals surface area contributed by atoms with E-state index < -0.39 is 29.2 Å². The minimum atomic E-state index is -0.867. The molecule has 1 aromatic heterocycles. The van der Waals surface area contributed by atoms with Crippen LogP contribution in [0.3, 0.4) is 0 Å².